The Morgan fingerprint density at radius 1 is 1.08 bits per heavy atom. The summed E-state index contributed by atoms with van der Waals surface area (Å²) in [5, 5.41) is 2.78. The number of carbonyl (C=O) groups excluding carboxylic acids is 1. The summed E-state index contributed by atoms with van der Waals surface area (Å²) >= 11 is 0. The number of hydrogen-bond acceptors (Lipinski definition) is 5. The Balaban J connectivity index is 2.22. The molecule has 26 heavy (non-hydrogen) atoms. The summed E-state index contributed by atoms with van der Waals surface area (Å²) in [6.07, 6.45) is 1.08. The van der Waals surface area contributed by atoms with Crippen molar-refractivity contribution in [3.05, 3.63) is 48.0 Å². The number of benzene rings is 2. The van der Waals surface area contributed by atoms with Crippen LogP contribution in [0, 0.1) is 0 Å². The number of nitrogens with one attached hydrogen (secondary N) is 1. The van der Waals surface area contributed by atoms with Crippen molar-refractivity contribution in [2.45, 2.75) is 18.7 Å². The molecule has 0 saturated heterocycles. The fraction of sp³-hybridized carbons (Fsp3) is 0.316. The van der Waals surface area contributed by atoms with Gasteiger partial charge < -0.3 is 15.0 Å². The number of hydrogen-bond donors (Lipinski definition) is 1. The zero-order valence-electron chi connectivity index (χ0n) is 15.4. The van der Waals surface area contributed by atoms with Gasteiger partial charge in [0.25, 0.3) is 5.91 Å². The summed E-state index contributed by atoms with van der Waals surface area (Å²) in [6, 6.07) is 11.9. The fourth-order valence-corrected chi connectivity index (χ4v) is 3.51. The van der Waals surface area contributed by atoms with Crippen LogP contribution in [0.15, 0.2) is 47.4 Å². The van der Waals surface area contributed by atoms with Gasteiger partial charge in [0.2, 0.25) is 0 Å². The van der Waals surface area contributed by atoms with Gasteiger partial charge in [-0.2, -0.15) is 0 Å². The molecule has 1 N–H and O–H groups in total. The van der Waals surface area contributed by atoms with E-state index < -0.39 is 9.84 Å². The van der Waals surface area contributed by atoms with Gasteiger partial charge in [-0.15, -0.1) is 0 Å². The molecule has 0 radical (unpaired) electrons. The van der Waals surface area contributed by atoms with E-state index in [-0.39, 0.29) is 22.1 Å². The smallest absolute Gasteiger partial charge is 0.255 e. The molecule has 0 saturated carbocycles. The number of sulfone groups is 1. The molecule has 0 bridgehead atoms. The van der Waals surface area contributed by atoms with Crippen molar-refractivity contribution in [3.8, 4) is 5.75 Å². The second-order valence-corrected chi connectivity index (χ2v) is 7.80. The van der Waals surface area contributed by atoms with Crippen LogP contribution in [0.2, 0.25) is 0 Å². The standard InChI is InChI=1S/C19H24N2O4S/c1-5-21(6-2)16-10-8-15(9-11-16)20-19(22)14-7-12-17(25-3)18(13-14)26(4,23)24/h7-13H,5-6H2,1-4H3,(H,20,22). The Bertz CT molecular complexity index is 873. The fourth-order valence-electron chi connectivity index (χ4n) is 2.66. The lowest BCUT2D eigenvalue weighted by atomic mass is 10.2. The Kier molecular flexibility index (Phi) is 6.26. The highest BCUT2D eigenvalue weighted by Crippen LogP contribution is 2.25. The van der Waals surface area contributed by atoms with Crippen molar-refractivity contribution in [2.75, 3.05) is 36.7 Å². The Morgan fingerprint density at radius 3 is 2.19 bits per heavy atom. The molecule has 0 fully saturated rings. The van der Waals surface area contributed by atoms with Gasteiger partial charge in [0.1, 0.15) is 10.6 Å². The molecule has 0 heterocycles. The van der Waals surface area contributed by atoms with E-state index >= 15 is 0 Å². The number of carbonyl (C=O) groups is 1. The molecule has 140 valence electrons. The first-order chi connectivity index (χ1) is 12.3. The SMILES string of the molecule is CCN(CC)c1ccc(NC(=O)c2ccc(OC)c(S(C)(=O)=O)c2)cc1. The zero-order chi connectivity index (χ0) is 19.3. The van der Waals surface area contributed by atoms with Crippen molar-refractivity contribution in [1.82, 2.24) is 0 Å². The molecule has 0 aromatic heterocycles. The average molecular weight is 376 g/mol. The molecular formula is C19H24N2O4S. The first-order valence-electron chi connectivity index (χ1n) is 8.34. The molecule has 0 spiro atoms. The van der Waals surface area contributed by atoms with Gasteiger partial charge in [-0.05, 0) is 56.3 Å². The maximum absolute atomic E-state index is 12.5. The Labute approximate surface area is 154 Å². The van der Waals surface area contributed by atoms with Crippen LogP contribution in [-0.4, -0.2) is 40.8 Å². The number of anilines is 2. The quantitative estimate of drug-likeness (QED) is 0.803. The molecule has 7 heteroatoms. The van der Waals surface area contributed by atoms with Crippen LogP contribution < -0.4 is 15.0 Å². The Hall–Kier alpha value is -2.54. The lowest BCUT2D eigenvalue weighted by molar-refractivity contribution is 0.102. The minimum Gasteiger partial charge on any atom is -0.495 e. The molecule has 0 aliphatic rings. The van der Waals surface area contributed by atoms with Crippen LogP contribution in [0.4, 0.5) is 11.4 Å². The monoisotopic (exact) mass is 376 g/mol. The molecule has 6 nitrogen and oxygen atoms in total. The summed E-state index contributed by atoms with van der Waals surface area (Å²) in [6.45, 7) is 5.98. The summed E-state index contributed by atoms with van der Waals surface area (Å²) in [4.78, 5) is 14.7. The molecule has 0 aliphatic heterocycles. The summed E-state index contributed by atoms with van der Waals surface area (Å²) in [5.74, 6) is -0.166. The third-order valence-corrected chi connectivity index (χ3v) is 5.20. The lowest BCUT2D eigenvalue weighted by Gasteiger charge is -2.21. The van der Waals surface area contributed by atoms with Crippen molar-refractivity contribution >= 4 is 27.1 Å². The number of nitrogens with zero attached hydrogens (tertiary/aromatic N) is 1. The predicted octanol–water partition coefficient (Wildman–Crippen LogP) is 3.20. The highest BCUT2D eigenvalue weighted by Gasteiger charge is 2.17. The average Bonchev–Trinajstić information content (AvgIpc) is 2.62. The van der Waals surface area contributed by atoms with Gasteiger partial charge in [0.15, 0.2) is 9.84 Å². The van der Waals surface area contributed by atoms with E-state index in [1.54, 1.807) is 0 Å². The Morgan fingerprint density at radius 2 is 1.69 bits per heavy atom. The molecule has 0 unspecified atom stereocenters. The van der Waals surface area contributed by atoms with Gasteiger partial charge >= 0.3 is 0 Å². The van der Waals surface area contributed by atoms with Gasteiger partial charge in [0.05, 0.1) is 7.11 Å². The summed E-state index contributed by atoms with van der Waals surface area (Å²) < 4.78 is 28.8. The number of ether oxygens (including phenoxy) is 1. The first kappa shape index (κ1) is 19.8. The first-order valence-corrected chi connectivity index (χ1v) is 10.2. The maximum atomic E-state index is 12.5. The molecule has 0 atom stereocenters. The second-order valence-electron chi connectivity index (χ2n) is 5.81. The third-order valence-electron chi connectivity index (χ3n) is 4.08. The third kappa shape index (κ3) is 4.54. The highest BCUT2D eigenvalue weighted by molar-refractivity contribution is 7.90. The van der Waals surface area contributed by atoms with E-state index in [4.69, 9.17) is 4.74 Å². The van der Waals surface area contributed by atoms with Crippen LogP contribution in [0.25, 0.3) is 0 Å². The lowest BCUT2D eigenvalue weighted by Crippen LogP contribution is -2.21. The van der Waals surface area contributed by atoms with E-state index in [1.165, 1.54) is 25.3 Å². The van der Waals surface area contributed by atoms with Gasteiger partial charge in [0, 0.05) is 36.3 Å². The summed E-state index contributed by atoms with van der Waals surface area (Å²) in [5.41, 5.74) is 1.97. The van der Waals surface area contributed by atoms with Crippen molar-refractivity contribution in [3.63, 3.8) is 0 Å². The number of amides is 1. The van der Waals surface area contributed by atoms with Crippen LogP contribution in [0.5, 0.6) is 5.75 Å². The number of rotatable bonds is 7. The van der Waals surface area contributed by atoms with Crippen LogP contribution in [0.1, 0.15) is 24.2 Å². The molecule has 1 amide bonds. The minimum atomic E-state index is -3.51. The normalized spacial score (nSPS) is 11.1. The second kappa shape index (κ2) is 8.23. The highest BCUT2D eigenvalue weighted by atomic mass is 32.2. The topological polar surface area (TPSA) is 75.7 Å². The van der Waals surface area contributed by atoms with Crippen LogP contribution in [0.3, 0.4) is 0 Å². The number of methoxy groups -OCH3 is 1. The summed E-state index contributed by atoms with van der Waals surface area (Å²) in [7, 11) is -2.12. The van der Waals surface area contributed by atoms with E-state index in [0.717, 1.165) is 25.0 Å². The predicted molar refractivity (Wildman–Crippen MR) is 104 cm³/mol. The minimum absolute atomic E-state index is 0.00969. The van der Waals surface area contributed by atoms with E-state index in [1.807, 2.05) is 24.3 Å². The van der Waals surface area contributed by atoms with Crippen LogP contribution in [-0.2, 0) is 9.84 Å². The molecule has 2 aromatic rings. The van der Waals surface area contributed by atoms with Gasteiger partial charge in [-0.3, -0.25) is 4.79 Å². The van der Waals surface area contributed by atoms with Crippen molar-refractivity contribution in [1.29, 1.82) is 0 Å². The molecular weight excluding hydrogens is 352 g/mol. The van der Waals surface area contributed by atoms with Crippen molar-refractivity contribution in [2.24, 2.45) is 0 Å². The van der Waals surface area contributed by atoms with E-state index in [0.29, 0.717) is 5.69 Å². The van der Waals surface area contributed by atoms with E-state index in [2.05, 4.69) is 24.1 Å². The van der Waals surface area contributed by atoms with Gasteiger partial charge in [-0.25, -0.2) is 8.42 Å². The molecule has 2 aromatic carbocycles. The molecule has 0 aliphatic carbocycles. The maximum Gasteiger partial charge on any atom is 0.255 e. The zero-order valence-corrected chi connectivity index (χ0v) is 16.3. The van der Waals surface area contributed by atoms with Crippen molar-refractivity contribution < 1.29 is 17.9 Å². The van der Waals surface area contributed by atoms with Crippen LogP contribution >= 0.6 is 0 Å². The van der Waals surface area contributed by atoms with Gasteiger partial charge in [-0.1, -0.05) is 0 Å². The molecule has 2 rings (SSSR count). The largest absolute Gasteiger partial charge is 0.495 e. The van der Waals surface area contributed by atoms with E-state index in [9.17, 15) is 13.2 Å².